The van der Waals surface area contributed by atoms with Crippen molar-refractivity contribution in [2.75, 3.05) is 13.7 Å². The van der Waals surface area contributed by atoms with Gasteiger partial charge >= 0.3 is 5.69 Å². The van der Waals surface area contributed by atoms with E-state index in [1.54, 1.807) is 29.4 Å². The molecule has 2 bridgehead atoms. The van der Waals surface area contributed by atoms with Crippen LogP contribution < -0.4 is 15.7 Å². The van der Waals surface area contributed by atoms with E-state index < -0.39 is 0 Å². The Morgan fingerprint density at radius 1 is 1.11 bits per heavy atom. The molecule has 3 aromatic heterocycles. The fourth-order valence-electron chi connectivity index (χ4n) is 6.05. The van der Waals surface area contributed by atoms with Crippen LogP contribution in [0.25, 0.3) is 22.1 Å². The Morgan fingerprint density at radius 2 is 1.89 bits per heavy atom. The minimum Gasteiger partial charge on any atom is -0.481 e. The number of imidazole rings is 1. The van der Waals surface area contributed by atoms with Crippen LogP contribution in [0.2, 0.25) is 0 Å². The third-order valence-electron chi connectivity index (χ3n) is 8.56. The molecule has 5 heterocycles. The molecule has 194 valence electrons. The highest BCUT2D eigenvalue weighted by molar-refractivity contribution is 5.78. The highest BCUT2D eigenvalue weighted by Crippen LogP contribution is 2.46. The van der Waals surface area contributed by atoms with Crippen molar-refractivity contribution in [1.82, 2.24) is 24.4 Å². The van der Waals surface area contributed by atoms with E-state index >= 15 is 0 Å². The second kappa shape index (κ2) is 8.92. The van der Waals surface area contributed by atoms with Crippen LogP contribution in [0.4, 0.5) is 4.39 Å². The van der Waals surface area contributed by atoms with E-state index in [0.29, 0.717) is 35.5 Å². The van der Waals surface area contributed by atoms with Crippen molar-refractivity contribution in [3.05, 3.63) is 64.0 Å². The Kier molecular flexibility index (Phi) is 5.80. The molecule has 9 heteroatoms. The molecule has 1 saturated carbocycles. The summed E-state index contributed by atoms with van der Waals surface area (Å²) in [6, 6.07) is 9.75. The van der Waals surface area contributed by atoms with E-state index in [-0.39, 0.29) is 22.6 Å². The van der Waals surface area contributed by atoms with Gasteiger partial charge in [0, 0.05) is 37.8 Å². The Labute approximate surface area is 214 Å². The third-order valence-corrected chi connectivity index (χ3v) is 8.56. The number of fused-ring (bicyclic) bond motifs is 5. The number of rotatable bonds is 7. The van der Waals surface area contributed by atoms with Gasteiger partial charge in [-0.25, -0.2) is 14.2 Å². The van der Waals surface area contributed by atoms with Gasteiger partial charge in [0.25, 0.3) is 0 Å². The van der Waals surface area contributed by atoms with Crippen LogP contribution in [-0.2, 0) is 31.8 Å². The molecule has 1 N–H and O–H groups in total. The lowest BCUT2D eigenvalue weighted by Gasteiger charge is -2.53. The normalized spacial score (nSPS) is 23.2. The van der Waals surface area contributed by atoms with Gasteiger partial charge in [-0.1, -0.05) is 6.07 Å². The molecular formula is C28H32FN5O3. The van der Waals surface area contributed by atoms with Crippen molar-refractivity contribution < 1.29 is 13.9 Å². The van der Waals surface area contributed by atoms with E-state index in [4.69, 9.17) is 9.47 Å². The number of aryl methyl sites for hydroxylation is 3. The lowest BCUT2D eigenvalue weighted by atomic mass is 9.69. The molecule has 0 spiro atoms. The van der Waals surface area contributed by atoms with Gasteiger partial charge < -0.3 is 14.8 Å². The summed E-state index contributed by atoms with van der Waals surface area (Å²) in [5, 5.41) is 3.77. The predicted molar refractivity (Wildman–Crippen MR) is 139 cm³/mol. The van der Waals surface area contributed by atoms with Gasteiger partial charge in [0.1, 0.15) is 5.82 Å². The molecule has 2 saturated heterocycles. The zero-order chi connectivity index (χ0) is 25.8. The molecular weight excluding hydrogens is 473 g/mol. The van der Waals surface area contributed by atoms with Crippen LogP contribution in [0.3, 0.4) is 0 Å². The van der Waals surface area contributed by atoms with Crippen molar-refractivity contribution in [3.63, 3.8) is 0 Å². The first-order valence-corrected chi connectivity index (χ1v) is 12.8. The number of hydrogen-bond donors (Lipinski definition) is 1. The summed E-state index contributed by atoms with van der Waals surface area (Å²) in [5.74, 6) is 0.121. The molecule has 37 heavy (non-hydrogen) atoms. The molecule has 2 aliphatic heterocycles. The van der Waals surface area contributed by atoms with Crippen LogP contribution >= 0.6 is 0 Å². The number of halogens is 1. The fourth-order valence-corrected chi connectivity index (χ4v) is 6.05. The van der Waals surface area contributed by atoms with Gasteiger partial charge in [0.2, 0.25) is 5.88 Å². The van der Waals surface area contributed by atoms with Crippen LogP contribution in [-0.4, -0.2) is 44.0 Å². The molecule has 0 amide bonds. The molecule has 0 radical (unpaired) electrons. The van der Waals surface area contributed by atoms with Crippen molar-refractivity contribution >= 4 is 22.1 Å². The van der Waals surface area contributed by atoms with Crippen LogP contribution in [0.15, 0.2) is 41.3 Å². The quantitative estimate of drug-likeness (QED) is 0.412. The maximum Gasteiger partial charge on any atom is 0.328 e. The van der Waals surface area contributed by atoms with Gasteiger partial charge in [-0.05, 0) is 62.3 Å². The van der Waals surface area contributed by atoms with E-state index in [1.165, 1.54) is 6.20 Å². The average molecular weight is 506 g/mol. The summed E-state index contributed by atoms with van der Waals surface area (Å²) in [4.78, 5) is 20.9. The molecule has 0 atom stereocenters. The highest BCUT2D eigenvalue weighted by Gasteiger charge is 2.49. The first-order chi connectivity index (χ1) is 17.8. The molecule has 1 aromatic carbocycles. The van der Waals surface area contributed by atoms with Gasteiger partial charge in [-0.15, -0.1) is 0 Å². The van der Waals surface area contributed by atoms with Crippen LogP contribution in [0.1, 0.15) is 43.2 Å². The van der Waals surface area contributed by atoms with Gasteiger partial charge in [-0.2, -0.15) is 0 Å². The van der Waals surface area contributed by atoms with Gasteiger partial charge in [-0.3, -0.25) is 14.1 Å². The minimum absolute atomic E-state index is 0.0161. The zero-order valence-corrected chi connectivity index (χ0v) is 21.5. The zero-order valence-electron chi connectivity index (χ0n) is 21.5. The van der Waals surface area contributed by atoms with Gasteiger partial charge in [0.05, 0.1) is 47.6 Å². The first-order valence-electron chi connectivity index (χ1n) is 12.8. The number of methoxy groups -OCH3 is 1. The number of benzene rings is 1. The summed E-state index contributed by atoms with van der Waals surface area (Å²) in [5.41, 5.74) is 4.53. The van der Waals surface area contributed by atoms with E-state index in [1.807, 2.05) is 19.2 Å². The number of nitrogens with one attached hydrogen (secondary N) is 1. The van der Waals surface area contributed by atoms with Gasteiger partial charge in [0.15, 0.2) is 0 Å². The molecule has 3 aliphatic rings. The molecule has 8 nitrogen and oxygen atoms in total. The predicted octanol–water partition coefficient (Wildman–Crippen LogP) is 3.77. The molecule has 1 aliphatic carbocycles. The van der Waals surface area contributed by atoms with Crippen molar-refractivity contribution in [2.45, 2.75) is 56.2 Å². The molecule has 0 unspecified atom stereocenters. The first kappa shape index (κ1) is 24.1. The Bertz CT molecular complexity index is 1530. The number of aromatic nitrogens is 4. The topological polar surface area (TPSA) is 83.2 Å². The number of pyridine rings is 2. The summed E-state index contributed by atoms with van der Waals surface area (Å²) in [6.07, 6.45) is 6.49. The summed E-state index contributed by atoms with van der Waals surface area (Å²) < 4.78 is 29.9. The van der Waals surface area contributed by atoms with E-state index in [2.05, 4.69) is 27.4 Å². The Hall–Kier alpha value is -3.30. The van der Waals surface area contributed by atoms with Crippen LogP contribution in [0.5, 0.6) is 5.88 Å². The van der Waals surface area contributed by atoms with Crippen molar-refractivity contribution in [2.24, 2.45) is 14.1 Å². The summed E-state index contributed by atoms with van der Waals surface area (Å²) in [7, 11) is 5.16. The second-order valence-electron chi connectivity index (χ2n) is 10.6. The molecule has 3 fully saturated rings. The largest absolute Gasteiger partial charge is 0.481 e. The number of ether oxygens (including phenoxy) is 2. The SMILES string of the molecule is COc1ccc2ncc(F)c(CCC34CCC(NCc5ccc6c(c5)n(C)c(=O)n6C)(CC3)CO4)c2n1. The van der Waals surface area contributed by atoms with Crippen LogP contribution in [0, 0.1) is 5.82 Å². The monoisotopic (exact) mass is 505 g/mol. The van der Waals surface area contributed by atoms with Crippen molar-refractivity contribution in [3.8, 4) is 5.88 Å². The van der Waals surface area contributed by atoms with Crippen molar-refractivity contribution in [1.29, 1.82) is 0 Å². The smallest absolute Gasteiger partial charge is 0.328 e. The standard InChI is InChI=1S/C28H32FN5O3/c1-33-22-6-4-18(14-23(22)34(2)26(33)35)15-31-27-10-12-28(13-11-27,37-17-27)9-8-19-20(29)16-30-21-5-7-24(36-3)32-25(19)21/h4-7,14,16,31H,8-13,15,17H2,1-3H3. The number of nitrogens with zero attached hydrogens (tertiary/aromatic N) is 4. The lowest BCUT2D eigenvalue weighted by Crippen LogP contribution is -2.61. The molecule has 4 aromatic rings. The maximum absolute atomic E-state index is 14.8. The fraction of sp³-hybridized carbons (Fsp3) is 0.464. The summed E-state index contributed by atoms with van der Waals surface area (Å²) >= 11 is 0. The Morgan fingerprint density at radius 3 is 2.62 bits per heavy atom. The average Bonchev–Trinajstić information content (AvgIpc) is 3.15. The van der Waals surface area contributed by atoms with E-state index in [0.717, 1.165) is 55.2 Å². The molecule has 7 rings (SSSR count). The number of hydrogen-bond acceptors (Lipinski definition) is 6. The second-order valence-corrected chi connectivity index (χ2v) is 10.6. The third kappa shape index (κ3) is 4.10. The summed E-state index contributed by atoms with van der Waals surface area (Å²) in [6.45, 7) is 1.36. The minimum atomic E-state index is -0.333. The highest BCUT2D eigenvalue weighted by atomic mass is 19.1. The lowest BCUT2D eigenvalue weighted by molar-refractivity contribution is -0.165. The Balaban J connectivity index is 1.12. The van der Waals surface area contributed by atoms with E-state index in [9.17, 15) is 9.18 Å². The maximum atomic E-state index is 14.8.